The second-order valence-corrected chi connectivity index (χ2v) is 9.23. The van der Waals surface area contributed by atoms with Crippen LogP contribution in [0.15, 0.2) is 59.6 Å². The summed E-state index contributed by atoms with van der Waals surface area (Å²) in [5.74, 6) is 0.666. The van der Waals surface area contributed by atoms with E-state index in [9.17, 15) is 18.0 Å². The number of Topliss-reactive ketones (excluding diaryl/α,β-unsaturated/α-hetero) is 1. The van der Waals surface area contributed by atoms with Crippen LogP contribution in [0.25, 0.3) is 0 Å². The summed E-state index contributed by atoms with van der Waals surface area (Å²) in [7, 11) is 0. The van der Waals surface area contributed by atoms with Gasteiger partial charge >= 0.3 is 6.18 Å². The Morgan fingerprint density at radius 2 is 1.82 bits per heavy atom. The molecule has 0 unspecified atom stereocenters. The van der Waals surface area contributed by atoms with Gasteiger partial charge in [0, 0.05) is 41.3 Å². The highest BCUT2D eigenvalue weighted by Crippen LogP contribution is 2.39. The Hall–Kier alpha value is -2.87. The average Bonchev–Trinajstić information content (AvgIpc) is 2.80. The van der Waals surface area contributed by atoms with Gasteiger partial charge in [-0.2, -0.15) is 13.2 Å². The molecule has 4 rings (SSSR count). The van der Waals surface area contributed by atoms with Crippen LogP contribution in [0.5, 0.6) is 0 Å². The molecule has 3 aromatic rings. The maximum Gasteiger partial charge on any atom is 0.419 e. The third-order valence-corrected chi connectivity index (χ3v) is 6.81. The van der Waals surface area contributed by atoms with E-state index in [-0.39, 0.29) is 30.3 Å². The number of alkyl halides is 3. The Balaban J connectivity index is 1.52. The van der Waals surface area contributed by atoms with E-state index in [1.807, 2.05) is 43.3 Å². The first-order valence-electron chi connectivity index (χ1n) is 10.8. The Morgan fingerprint density at radius 3 is 2.48 bits per heavy atom. The van der Waals surface area contributed by atoms with Crippen LogP contribution in [-0.4, -0.2) is 15.8 Å². The predicted octanol–water partition coefficient (Wildman–Crippen LogP) is 7.07. The summed E-state index contributed by atoms with van der Waals surface area (Å²) in [6.45, 7) is 1.94. The van der Waals surface area contributed by atoms with E-state index in [1.54, 1.807) is 11.8 Å². The molecule has 1 aromatic heterocycles. The fourth-order valence-electron chi connectivity index (χ4n) is 3.93. The van der Waals surface area contributed by atoms with Crippen molar-refractivity contribution < 1.29 is 18.0 Å². The highest BCUT2D eigenvalue weighted by molar-refractivity contribution is 7.98. The molecule has 0 amide bonds. The summed E-state index contributed by atoms with van der Waals surface area (Å²) in [4.78, 5) is 20.9. The number of hydrogen-bond acceptors (Lipinski definition) is 5. The topological polar surface area (TPSA) is 54.9 Å². The van der Waals surface area contributed by atoms with Gasteiger partial charge in [-0.05, 0) is 49.1 Å². The molecule has 0 atom stereocenters. The fourth-order valence-corrected chi connectivity index (χ4v) is 4.88. The molecule has 4 nitrogen and oxygen atoms in total. The minimum absolute atomic E-state index is 0.0276. The third kappa shape index (κ3) is 5.93. The molecule has 1 heterocycles. The van der Waals surface area contributed by atoms with E-state index in [0.29, 0.717) is 12.8 Å². The zero-order valence-corrected chi connectivity index (χ0v) is 19.0. The van der Waals surface area contributed by atoms with E-state index in [4.69, 9.17) is 0 Å². The first-order valence-corrected chi connectivity index (χ1v) is 11.8. The van der Waals surface area contributed by atoms with Crippen molar-refractivity contribution in [3.63, 3.8) is 0 Å². The van der Waals surface area contributed by atoms with Crippen LogP contribution in [0.4, 0.5) is 24.8 Å². The number of thioether (sulfide) groups is 1. The molecule has 0 spiro atoms. The molecule has 0 bridgehead atoms. The van der Waals surface area contributed by atoms with E-state index in [2.05, 4.69) is 27.4 Å². The minimum atomic E-state index is -4.54. The number of aromatic nitrogens is 2. The van der Waals surface area contributed by atoms with Gasteiger partial charge in [0.15, 0.2) is 0 Å². The fraction of sp³-hybridized carbons (Fsp3) is 0.320. The van der Waals surface area contributed by atoms with Gasteiger partial charge in [-0.15, -0.1) is 11.8 Å². The van der Waals surface area contributed by atoms with Crippen LogP contribution in [-0.2, 0) is 16.7 Å². The van der Waals surface area contributed by atoms with Gasteiger partial charge in [-0.1, -0.05) is 30.3 Å². The minimum Gasteiger partial charge on any atom is -0.324 e. The number of anilines is 2. The number of carbonyl (C=O) groups is 1. The lowest BCUT2D eigenvalue weighted by atomic mass is 9.84. The van der Waals surface area contributed by atoms with Crippen molar-refractivity contribution in [1.82, 2.24) is 9.97 Å². The van der Waals surface area contributed by atoms with E-state index >= 15 is 0 Å². The molecular weight excluding hydrogens is 447 g/mol. The van der Waals surface area contributed by atoms with Crippen LogP contribution in [0.3, 0.4) is 0 Å². The summed E-state index contributed by atoms with van der Waals surface area (Å²) in [5.41, 5.74) is 2.07. The number of nitrogens with zero attached hydrogens (tertiary/aromatic N) is 2. The van der Waals surface area contributed by atoms with E-state index < -0.39 is 17.7 Å². The van der Waals surface area contributed by atoms with E-state index in [1.165, 1.54) is 5.56 Å². The Bertz CT molecular complexity index is 1130. The van der Waals surface area contributed by atoms with Crippen LogP contribution < -0.4 is 5.32 Å². The quantitative estimate of drug-likeness (QED) is 0.390. The van der Waals surface area contributed by atoms with E-state index in [0.717, 1.165) is 28.1 Å². The SMILES string of the molecule is Cc1cc(SCc2ccccc2)ccc1Nc1ncc(C(F)(F)F)c(C2CCC(=O)CC2)n1. The van der Waals surface area contributed by atoms with Gasteiger partial charge in [-0.3, -0.25) is 4.79 Å². The van der Waals surface area contributed by atoms with Crippen molar-refractivity contribution in [1.29, 1.82) is 0 Å². The number of nitrogens with one attached hydrogen (secondary N) is 1. The number of rotatable bonds is 6. The molecule has 1 N–H and O–H groups in total. The predicted molar refractivity (Wildman–Crippen MR) is 124 cm³/mol. The molecule has 172 valence electrons. The van der Waals surface area contributed by atoms with Gasteiger partial charge in [0.1, 0.15) is 5.78 Å². The molecule has 33 heavy (non-hydrogen) atoms. The number of carbonyl (C=O) groups excluding carboxylic acids is 1. The highest BCUT2D eigenvalue weighted by atomic mass is 32.2. The number of ketones is 1. The van der Waals surface area contributed by atoms with Crippen molar-refractivity contribution >= 4 is 29.2 Å². The standard InChI is InChI=1S/C25H24F3N3OS/c1-16-13-20(33-15-17-5-3-2-4-6-17)11-12-22(16)30-24-29-14-21(25(26,27)28)23(31-24)18-7-9-19(32)10-8-18/h2-6,11-14,18H,7-10,15H2,1H3,(H,29,30,31). The molecular formula is C25H24F3N3OS. The first-order chi connectivity index (χ1) is 15.8. The molecule has 1 aliphatic carbocycles. The second kappa shape index (κ2) is 9.95. The summed E-state index contributed by atoms with van der Waals surface area (Å²) < 4.78 is 40.7. The van der Waals surface area contributed by atoms with Gasteiger partial charge in [0.2, 0.25) is 5.95 Å². The average molecular weight is 472 g/mol. The van der Waals surface area contributed by atoms with Crippen molar-refractivity contribution in [2.75, 3.05) is 5.32 Å². The first kappa shape index (κ1) is 23.3. The molecule has 2 aromatic carbocycles. The van der Waals surface area contributed by atoms with Gasteiger partial charge in [0.25, 0.3) is 0 Å². The van der Waals surface area contributed by atoms with Gasteiger partial charge in [0.05, 0.1) is 11.3 Å². The molecule has 8 heteroatoms. The molecule has 1 fully saturated rings. The van der Waals surface area contributed by atoms with Crippen molar-refractivity contribution in [2.24, 2.45) is 0 Å². The maximum absolute atomic E-state index is 13.6. The Labute approximate surface area is 195 Å². The molecule has 0 saturated heterocycles. The molecule has 0 aliphatic heterocycles. The van der Waals surface area contributed by atoms with Crippen LogP contribution >= 0.6 is 11.8 Å². The Kier molecular flexibility index (Phi) is 7.02. The molecule has 1 aliphatic rings. The zero-order chi connectivity index (χ0) is 23.4. The van der Waals surface area contributed by atoms with Gasteiger partial charge in [-0.25, -0.2) is 9.97 Å². The van der Waals surface area contributed by atoms with Crippen LogP contribution in [0, 0.1) is 6.92 Å². The second-order valence-electron chi connectivity index (χ2n) is 8.18. The number of halogens is 3. The lowest BCUT2D eigenvalue weighted by molar-refractivity contribution is -0.139. The molecule has 0 radical (unpaired) electrons. The Morgan fingerprint density at radius 1 is 1.09 bits per heavy atom. The van der Waals surface area contributed by atoms with Crippen LogP contribution in [0.2, 0.25) is 0 Å². The van der Waals surface area contributed by atoms with Crippen molar-refractivity contribution in [2.45, 2.75) is 55.3 Å². The zero-order valence-electron chi connectivity index (χ0n) is 18.2. The summed E-state index contributed by atoms with van der Waals surface area (Å²) >= 11 is 1.72. The monoisotopic (exact) mass is 471 g/mol. The summed E-state index contributed by atoms with van der Waals surface area (Å²) in [5, 5.41) is 3.07. The number of aryl methyl sites for hydroxylation is 1. The lowest BCUT2D eigenvalue weighted by Crippen LogP contribution is -2.20. The lowest BCUT2D eigenvalue weighted by Gasteiger charge is -2.24. The maximum atomic E-state index is 13.6. The highest BCUT2D eigenvalue weighted by Gasteiger charge is 2.38. The smallest absolute Gasteiger partial charge is 0.324 e. The largest absolute Gasteiger partial charge is 0.419 e. The van der Waals surface area contributed by atoms with Crippen molar-refractivity contribution in [3.05, 3.63) is 77.1 Å². The summed E-state index contributed by atoms with van der Waals surface area (Å²) in [6.07, 6.45) is -2.36. The number of benzene rings is 2. The normalized spacial score (nSPS) is 15.0. The van der Waals surface area contributed by atoms with Crippen LogP contribution in [0.1, 0.15) is 54.0 Å². The summed E-state index contributed by atoms with van der Waals surface area (Å²) in [6, 6.07) is 16.1. The van der Waals surface area contributed by atoms with Crippen molar-refractivity contribution in [3.8, 4) is 0 Å². The molecule has 1 saturated carbocycles. The third-order valence-electron chi connectivity index (χ3n) is 5.75. The van der Waals surface area contributed by atoms with Gasteiger partial charge < -0.3 is 5.32 Å². The number of hydrogen-bond donors (Lipinski definition) is 1.